The lowest BCUT2D eigenvalue weighted by atomic mass is 9.87. The van der Waals surface area contributed by atoms with E-state index >= 15 is 0 Å². The van der Waals surface area contributed by atoms with E-state index < -0.39 is 60.4 Å². The highest BCUT2D eigenvalue weighted by atomic mass is 16.3. The van der Waals surface area contributed by atoms with Crippen LogP contribution in [0.5, 0.6) is 0 Å². The lowest BCUT2D eigenvalue weighted by Crippen LogP contribution is -1.96. The maximum Gasteiger partial charge on any atom is 0.135 e. The molecule has 0 radical (unpaired) electrons. The summed E-state index contributed by atoms with van der Waals surface area (Å²) in [5.74, 6) is 0. The first kappa shape index (κ1) is 23.3. The molecule has 0 fully saturated rings. The summed E-state index contributed by atoms with van der Waals surface area (Å²) in [6.45, 7) is 0. The molecule has 9 aromatic carbocycles. The Morgan fingerprint density at radius 1 is 0.351 bits per heavy atom. The van der Waals surface area contributed by atoms with Gasteiger partial charge in [-0.15, -0.1) is 0 Å². The van der Waals surface area contributed by atoms with Crippen LogP contribution in [0, 0.1) is 0 Å². The Morgan fingerprint density at radius 2 is 0.877 bits per heavy atom. The molecule has 3 nitrogen and oxygen atoms in total. The van der Waals surface area contributed by atoms with Gasteiger partial charge in [0.05, 0.1) is 35.8 Å². The zero-order valence-corrected chi connectivity index (χ0v) is 30.2. The van der Waals surface area contributed by atoms with E-state index in [4.69, 9.17) is 18.1 Å². The summed E-state index contributed by atoms with van der Waals surface area (Å²) in [6.07, 6.45) is 0. The van der Waals surface area contributed by atoms with Crippen molar-refractivity contribution < 1.29 is 18.1 Å². The maximum absolute atomic E-state index is 9.04. The van der Waals surface area contributed by atoms with Gasteiger partial charge >= 0.3 is 0 Å². The zero-order chi connectivity index (χ0) is 46.2. The summed E-state index contributed by atoms with van der Waals surface area (Å²) in [6, 6.07) is 43.1. The second-order valence-corrected chi connectivity index (χ2v) is 14.1. The molecule has 3 heteroatoms. The minimum atomic E-state index is -0.541. The molecule has 12 rings (SSSR count). The van der Waals surface area contributed by atoms with Gasteiger partial charge in [0.15, 0.2) is 0 Å². The van der Waals surface area contributed by atoms with Crippen LogP contribution in [0.4, 0.5) is 0 Å². The van der Waals surface area contributed by atoms with Crippen molar-refractivity contribution >= 4 is 65.6 Å². The van der Waals surface area contributed by atoms with Gasteiger partial charge in [0, 0.05) is 43.7 Å². The van der Waals surface area contributed by atoms with Crippen LogP contribution in [0.3, 0.4) is 0 Å². The molecular weight excluding hydrogens is 693 g/mol. The van der Waals surface area contributed by atoms with Gasteiger partial charge in [0.2, 0.25) is 0 Å². The molecule has 3 heterocycles. The lowest BCUT2D eigenvalue weighted by molar-refractivity contribution is 0.669. The molecule has 0 spiro atoms. The van der Waals surface area contributed by atoms with E-state index in [2.05, 4.69) is 69.8 Å². The Morgan fingerprint density at radius 3 is 1.58 bits per heavy atom. The Balaban J connectivity index is 1.13. The van der Waals surface area contributed by atoms with E-state index in [-0.39, 0.29) is 22.3 Å². The fourth-order valence-corrected chi connectivity index (χ4v) is 8.68. The van der Waals surface area contributed by atoms with E-state index in [1.165, 1.54) is 0 Å². The number of furan rings is 1. The van der Waals surface area contributed by atoms with Crippen LogP contribution in [-0.2, 0) is 0 Å². The van der Waals surface area contributed by atoms with E-state index in [1.807, 2.05) is 66.7 Å². The first-order chi connectivity index (χ1) is 32.4. The van der Waals surface area contributed by atoms with Gasteiger partial charge in [0.1, 0.15) is 11.2 Å². The van der Waals surface area contributed by atoms with Crippen molar-refractivity contribution in [3.63, 3.8) is 0 Å². The number of hydrogen-bond donors (Lipinski definition) is 0. The fourth-order valence-electron chi connectivity index (χ4n) is 8.68. The van der Waals surface area contributed by atoms with Crippen LogP contribution >= 0.6 is 0 Å². The summed E-state index contributed by atoms with van der Waals surface area (Å²) in [7, 11) is 0. The summed E-state index contributed by atoms with van der Waals surface area (Å²) < 4.78 is 97.8. The van der Waals surface area contributed by atoms with Gasteiger partial charge in [-0.3, -0.25) is 0 Å². The average Bonchev–Trinajstić information content (AvgIpc) is 4.01. The summed E-state index contributed by atoms with van der Waals surface area (Å²) in [5, 5.41) is 6.07. The van der Waals surface area contributed by atoms with Crippen LogP contribution in [-0.4, -0.2) is 9.13 Å². The van der Waals surface area contributed by atoms with Crippen LogP contribution in [0.15, 0.2) is 210 Å². The lowest BCUT2D eigenvalue weighted by Gasteiger charge is -2.17. The van der Waals surface area contributed by atoms with Crippen molar-refractivity contribution in [1.29, 1.82) is 0 Å². The van der Waals surface area contributed by atoms with E-state index in [0.717, 1.165) is 76.9 Å². The molecule has 0 amide bonds. The van der Waals surface area contributed by atoms with Crippen LogP contribution in [0.2, 0.25) is 0 Å². The van der Waals surface area contributed by atoms with Crippen molar-refractivity contribution in [2.24, 2.45) is 0 Å². The summed E-state index contributed by atoms with van der Waals surface area (Å²) in [4.78, 5) is 0. The minimum absolute atomic E-state index is 0.0715. The largest absolute Gasteiger partial charge is 0.456 e. The van der Waals surface area contributed by atoms with Crippen molar-refractivity contribution in [3.05, 3.63) is 206 Å². The monoisotopic (exact) mass is 736 g/mol. The Labute approximate surface area is 342 Å². The van der Waals surface area contributed by atoms with Crippen molar-refractivity contribution in [2.75, 3.05) is 0 Å². The van der Waals surface area contributed by atoms with E-state index in [9.17, 15) is 0 Å². The average molecular weight is 737 g/mol. The molecule has 0 N–H and O–H groups in total. The first-order valence-corrected chi connectivity index (χ1v) is 18.7. The molecule has 0 saturated carbocycles. The van der Waals surface area contributed by atoms with Crippen LogP contribution < -0.4 is 0 Å². The highest BCUT2D eigenvalue weighted by Gasteiger charge is 2.20. The highest BCUT2D eigenvalue weighted by molar-refractivity contribution is 6.14. The van der Waals surface area contributed by atoms with Gasteiger partial charge < -0.3 is 13.6 Å². The third-order valence-corrected chi connectivity index (χ3v) is 11.1. The molecule has 0 aliphatic heterocycles. The smallest absolute Gasteiger partial charge is 0.135 e. The predicted octanol–water partition coefficient (Wildman–Crippen LogP) is 14.8. The van der Waals surface area contributed by atoms with Crippen LogP contribution in [0.25, 0.3) is 110 Å². The number of nitrogens with zero attached hydrogens (tertiary/aromatic N) is 2. The first-order valence-electron chi connectivity index (χ1n) is 23.7. The zero-order valence-electron chi connectivity index (χ0n) is 40.2. The van der Waals surface area contributed by atoms with E-state index in [0.29, 0.717) is 11.1 Å². The quantitative estimate of drug-likeness (QED) is 0.173. The number of aromatic nitrogens is 2. The number of hydrogen-bond acceptors (Lipinski definition) is 1. The highest BCUT2D eigenvalue weighted by Crippen LogP contribution is 2.43. The Kier molecular flexibility index (Phi) is 5.10. The van der Waals surface area contributed by atoms with Crippen molar-refractivity contribution in [3.8, 4) is 44.8 Å². The Hall–Kier alpha value is -7.62. The number of fused-ring (bicyclic) bond motifs is 9. The summed E-state index contributed by atoms with van der Waals surface area (Å²) in [5.41, 5.74) is 8.53. The molecular formula is C54H34N2O. The van der Waals surface area contributed by atoms with Gasteiger partial charge in [-0.2, -0.15) is 0 Å². The van der Waals surface area contributed by atoms with Gasteiger partial charge in [-0.05, 0) is 94.0 Å². The molecule has 0 unspecified atom stereocenters. The number of rotatable bonds is 5. The number of benzene rings is 9. The molecule has 12 aromatic rings. The molecule has 3 aromatic heterocycles. The second kappa shape index (κ2) is 12.5. The van der Waals surface area contributed by atoms with Gasteiger partial charge in [0.25, 0.3) is 0 Å². The normalized spacial score (nSPS) is 14.3. The molecule has 266 valence electrons. The molecule has 0 aliphatic carbocycles. The predicted molar refractivity (Wildman–Crippen MR) is 239 cm³/mol. The summed E-state index contributed by atoms with van der Waals surface area (Å²) >= 11 is 0. The van der Waals surface area contributed by atoms with E-state index in [1.54, 1.807) is 18.2 Å². The molecule has 0 aliphatic rings. The SMILES string of the molecule is [2H]c1c([2H])c([2H])c(-c2cccc(-c3c([2H])c([2H])c([2H])c([2H])c3[2H])c2-c2ccc3c4ccccc4n(-c4ccc5c(c4)c4ccccc4n5-c4ccc5oc6ccccc6c5c4)c3c2)c([2H])c1[2H]. The molecule has 0 atom stereocenters. The number of para-hydroxylation sites is 3. The second-order valence-electron chi connectivity index (χ2n) is 14.1. The molecule has 0 bridgehead atoms. The third-order valence-electron chi connectivity index (χ3n) is 11.1. The maximum atomic E-state index is 9.04. The van der Waals surface area contributed by atoms with Crippen molar-refractivity contribution in [1.82, 2.24) is 9.13 Å². The Bertz CT molecular complexity index is 3980. The third kappa shape index (κ3) is 4.86. The molecule has 0 saturated heterocycles. The van der Waals surface area contributed by atoms with Crippen LogP contribution in [0.1, 0.15) is 13.7 Å². The van der Waals surface area contributed by atoms with Crippen molar-refractivity contribution in [2.45, 2.75) is 0 Å². The topological polar surface area (TPSA) is 23.0 Å². The minimum Gasteiger partial charge on any atom is -0.456 e. The van der Waals surface area contributed by atoms with Gasteiger partial charge in [-0.1, -0.05) is 145 Å². The van der Waals surface area contributed by atoms with Gasteiger partial charge in [-0.25, -0.2) is 0 Å². The standard InChI is InChI=1S/C54H34N2O/c1-3-14-35(15-4-1)40-21-13-22-41(36-16-5-2-6-17-36)54(40)37-26-29-44-42-18-7-10-23-48(42)56(51(44)32-37)38-27-30-50-46(33-38)43-19-8-11-24-49(43)55(50)39-28-31-53-47(34-39)45-20-9-12-25-52(45)57-53/h1-34H/i1D,2D,3D,4D,5D,6D,14D,15D,16D,17D. The molecule has 57 heavy (non-hydrogen) atoms. The fraction of sp³-hybridized carbons (Fsp3) is 0.